The molecule has 2 nitrogen and oxygen atoms in total. The highest BCUT2D eigenvalue weighted by Gasteiger charge is 1.92. The van der Waals surface area contributed by atoms with Crippen molar-refractivity contribution < 1.29 is 4.74 Å². The van der Waals surface area contributed by atoms with Crippen LogP contribution >= 0.6 is 0 Å². The van der Waals surface area contributed by atoms with Crippen LogP contribution in [0.25, 0.3) is 0 Å². The largest absolute Gasteiger partial charge is 0.492 e. The Morgan fingerprint density at radius 3 is 2.65 bits per heavy atom. The second-order valence-electron chi connectivity index (χ2n) is 4.05. The lowest BCUT2D eigenvalue weighted by atomic mass is 10.2. The Morgan fingerprint density at radius 2 is 1.88 bits per heavy atom. The lowest BCUT2D eigenvalue weighted by Crippen LogP contribution is -2.22. The molecule has 0 saturated heterocycles. The lowest BCUT2D eigenvalue weighted by molar-refractivity contribution is 0.313. The molecule has 1 N–H and O–H groups in total. The third kappa shape index (κ3) is 7.58. The molecule has 1 aromatic rings. The van der Waals surface area contributed by atoms with E-state index in [1.165, 1.54) is 19.3 Å². The number of unbranched alkanes of at least 4 members (excludes halogenated alkanes) is 3. The van der Waals surface area contributed by atoms with Crippen LogP contribution in [0.2, 0.25) is 0 Å². The zero-order valence-electron chi connectivity index (χ0n) is 10.5. The fraction of sp³-hybridized carbons (Fsp3) is 0.467. The number of ether oxygens (including phenoxy) is 1. The van der Waals surface area contributed by atoms with E-state index in [2.05, 4.69) is 11.9 Å². The second-order valence-corrected chi connectivity index (χ2v) is 4.05. The summed E-state index contributed by atoms with van der Waals surface area (Å²) in [5, 5.41) is 3.38. The summed E-state index contributed by atoms with van der Waals surface area (Å²) < 4.78 is 5.58. The van der Waals surface area contributed by atoms with Gasteiger partial charge in [0.15, 0.2) is 0 Å². The maximum absolute atomic E-state index is 5.58. The third-order valence-electron chi connectivity index (χ3n) is 2.55. The second kappa shape index (κ2) is 9.91. The Hall–Kier alpha value is -1.28. The zero-order valence-corrected chi connectivity index (χ0v) is 10.5. The SMILES string of the molecule is C=CCCCCCNCCOc1ccccc1. The monoisotopic (exact) mass is 233 g/mol. The number of hydrogen-bond acceptors (Lipinski definition) is 2. The van der Waals surface area contributed by atoms with Crippen molar-refractivity contribution in [1.82, 2.24) is 5.32 Å². The maximum atomic E-state index is 5.58. The first-order valence-corrected chi connectivity index (χ1v) is 6.43. The van der Waals surface area contributed by atoms with Crippen molar-refractivity contribution >= 4 is 0 Å². The highest BCUT2D eigenvalue weighted by molar-refractivity contribution is 5.20. The molecule has 0 spiro atoms. The van der Waals surface area contributed by atoms with Gasteiger partial charge in [0.05, 0.1) is 0 Å². The minimum Gasteiger partial charge on any atom is -0.492 e. The summed E-state index contributed by atoms with van der Waals surface area (Å²) in [5.41, 5.74) is 0. The van der Waals surface area contributed by atoms with Gasteiger partial charge in [-0.15, -0.1) is 6.58 Å². The van der Waals surface area contributed by atoms with E-state index in [-0.39, 0.29) is 0 Å². The number of hydrogen-bond donors (Lipinski definition) is 1. The van der Waals surface area contributed by atoms with Crippen LogP contribution in [0.4, 0.5) is 0 Å². The van der Waals surface area contributed by atoms with E-state index < -0.39 is 0 Å². The quantitative estimate of drug-likeness (QED) is 0.494. The highest BCUT2D eigenvalue weighted by Crippen LogP contribution is 2.07. The van der Waals surface area contributed by atoms with Crippen molar-refractivity contribution in [2.24, 2.45) is 0 Å². The molecule has 0 aliphatic heterocycles. The molecule has 0 bridgehead atoms. The number of allylic oxidation sites excluding steroid dienone is 1. The van der Waals surface area contributed by atoms with E-state index in [0.29, 0.717) is 0 Å². The minimum absolute atomic E-state index is 0.733. The zero-order chi connectivity index (χ0) is 12.2. The molecule has 0 atom stereocenters. The minimum atomic E-state index is 0.733. The van der Waals surface area contributed by atoms with Gasteiger partial charge in [-0.1, -0.05) is 30.7 Å². The molecule has 0 radical (unpaired) electrons. The first-order chi connectivity index (χ1) is 8.43. The predicted molar refractivity (Wildman–Crippen MR) is 73.5 cm³/mol. The van der Waals surface area contributed by atoms with Crippen molar-refractivity contribution in [3.05, 3.63) is 43.0 Å². The van der Waals surface area contributed by atoms with E-state index >= 15 is 0 Å². The molecule has 2 heteroatoms. The molecule has 0 saturated carbocycles. The van der Waals surface area contributed by atoms with Crippen LogP contribution in [0.15, 0.2) is 43.0 Å². The van der Waals surface area contributed by atoms with Gasteiger partial charge in [0, 0.05) is 6.54 Å². The van der Waals surface area contributed by atoms with Crippen LogP contribution in [0, 0.1) is 0 Å². The van der Waals surface area contributed by atoms with E-state index in [0.717, 1.165) is 31.9 Å². The van der Waals surface area contributed by atoms with Crippen molar-refractivity contribution in [1.29, 1.82) is 0 Å². The Kier molecular flexibility index (Phi) is 8.04. The maximum Gasteiger partial charge on any atom is 0.119 e. The molecule has 1 aromatic carbocycles. The molecular weight excluding hydrogens is 210 g/mol. The molecule has 1 rings (SSSR count). The van der Waals surface area contributed by atoms with Gasteiger partial charge in [0.2, 0.25) is 0 Å². The van der Waals surface area contributed by atoms with Crippen LogP contribution in [0.3, 0.4) is 0 Å². The highest BCUT2D eigenvalue weighted by atomic mass is 16.5. The summed E-state index contributed by atoms with van der Waals surface area (Å²) in [6, 6.07) is 9.93. The summed E-state index contributed by atoms with van der Waals surface area (Å²) in [7, 11) is 0. The van der Waals surface area contributed by atoms with Gasteiger partial charge < -0.3 is 10.1 Å². The summed E-state index contributed by atoms with van der Waals surface area (Å²) in [4.78, 5) is 0. The molecule has 0 heterocycles. The Labute approximate surface area is 105 Å². The molecule has 0 fully saturated rings. The van der Waals surface area contributed by atoms with Gasteiger partial charge in [-0.3, -0.25) is 0 Å². The smallest absolute Gasteiger partial charge is 0.119 e. The average molecular weight is 233 g/mol. The molecule has 94 valence electrons. The van der Waals surface area contributed by atoms with E-state index in [1.807, 2.05) is 36.4 Å². The van der Waals surface area contributed by atoms with Gasteiger partial charge in [-0.25, -0.2) is 0 Å². The number of benzene rings is 1. The lowest BCUT2D eigenvalue weighted by Gasteiger charge is -2.07. The van der Waals surface area contributed by atoms with Gasteiger partial charge in [0.1, 0.15) is 12.4 Å². The Balaban J connectivity index is 1.86. The van der Waals surface area contributed by atoms with E-state index in [4.69, 9.17) is 4.74 Å². The number of nitrogens with one attached hydrogen (secondary N) is 1. The first-order valence-electron chi connectivity index (χ1n) is 6.43. The average Bonchev–Trinajstić information content (AvgIpc) is 2.38. The summed E-state index contributed by atoms with van der Waals surface area (Å²) in [5.74, 6) is 0.945. The third-order valence-corrected chi connectivity index (χ3v) is 2.55. The van der Waals surface area contributed by atoms with E-state index in [1.54, 1.807) is 0 Å². The van der Waals surface area contributed by atoms with E-state index in [9.17, 15) is 0 Å². The predicted octanol–water partition coefficient (Wildman–Crippen LogP) is 3.40. The van der Waals surface area contributed by atoms with Crippen LogP contribution < -0.4 is 10.1 Å². The van der Waals surface area contributed by atoms with Crippen molar-refractivity contribution in [3.8, 4) is 5.75 Å². The molecule has 17 heavy (non-hydrogen) atoms. The van der Waals surface area contributed by atoms with Gasteiger partial charge in [-0.2, -0.15) is 0 Å². The summed E-state index contributed by atoms with van der Waals surface area (Å²) in [6.07, 6.45) is 6.89. The normalized spacial score (nSPS) is 10.1. The fourth-order valence-electron chi connectivity index (χ4n) is 1.60. The molecule has 0 aliphatic rings. The topological polar surface area (TPSA) is 21.3 Å². The van der Waals surface area contributed by atoms with Crippen LogP contribution in [0.1, 0.15) is 25.7 Å². The molecule has 0 aliphatic carbocycles. The standard InChI is InChI=1S/C15H23NO/c1-2-3-4-5-9-12-16-13-14-17-15-10-7-6-8-11-15/h2,6-8,10-11,16H,1,3-5,9,12-14H2. The van der Waals surface area contributed by atoms with Gasteiger partial charge in [0.25, 0.3) is 0 Å². The first kappa shape index (κ1) is 13.8. The number of rotatable bonds is 10. The Morgan fingerprint density at radius 1 is 1.06 bits per heavy atom. The fourth-order valence-corrected chi connectivity index (χ4v) is 1.60. The van der Waals surface area contributed by atoms with Crippen molar-refractivity contribution in [2.75, 3.05) is 19.7 Å². The van der Waals surface area contributed by atoms with Crippen molar-refractivity contribution in [3.63, 3.8) is 0 Å². The van der Waals surface area contributed by atoms with Crippen LogP contribution in [-0.4, -0.2) is 19.7 Å². The van der Waals surface area contributed by atoms with Crippen LogP contribution in [0.5, 0.6) is 5.75 Å². The molecule has 0 aromatic heterocycles. The molecular formula is C15H23NO. The molecule has 0 unspecified atom stereocenters. The Bertz CT molecular complexity index is 284. The van der Waals surface area contributed by atoms with Gasteiger partial charge in [-0.05, 0) is 37.9 Å². The van der Waals surface area contributed by atoms with Gasteiger partial charge >= 0.3 is 0 Å². The number of para-hydroxylation sites is 1. The van der Waals surface area contributed by atoms with Crippen molar-refractivity contribution in [2.45, 2.75) is 25.7 Å². The summed E-state index contributed by atoms with van der Waals surface area (Å²) >= 11 is 0. The summed E-state index contributed by atoms with van der Waals surface area (Å²) in [6.45, 7) is 6.44. The van der Waals surface area contributed by atoms with Crippen LogP contribution in [-0.2, 0) is 0 Å². The molecule has 0 amide bonds.